The molecule has 1 aliphatic heterocycles. The first-order valence-corrected chi connectivity index (χ1v) is 9.49. The molecule has 1 heterocycles. The van der Waals surface area contributed by atoms with Crippen molar-refractivity contribution < 1.29 is 14.4 Å². The van der Waals surface area contributed by atoms with Crippen molar-refractivity contribution in [3.8, 4) is 0 Å². The highest BCUT2D eigenvalue weighted by Crippen LogP contribution is 2.37. The summed E-state index contributed by atoms with van der Waals surface area (Å²) < 4.78 is 0. The first kappa shape index (κ1) is 18.4. The van der Waals surface area contributed by atoms with Crippen LogP contribution in [0.4, 0.5) is 5.69 Å². The summed E-state index contributed by atoms with van der Waals surface area (Å²) in [5.74, 6) is 0.538. The van der Waals surface area contributed by atoms with Crippen molar-refractivity contribution in [2.24, 2.45) is 11.8 Å². The maximum absolute atomic E-state index is 12.5. The van der Waals surface area contributed by atoms with Crippen LogP contribution in [-0.4, -0.2) is 37.4 Å². The molecule has 0 radical (unpaired) electrons. The van der Waals surface area contributed by atoms with Gasteiger partial charge in [-0.2, -0.15) is 0 Å². The highest BCUT2D eigenvalue weighted by atomic mass is 16.2. The first-order valence-electron chi connectivity index (χ1n) is 9.49. The normalized spacial score (nSPS) is 20.9. The van der Waals surface area contributed by atoms with Crippen molar-refractivity contribution in [1.29, 1.82) is 0 Å². The van der Waals surface area contributed by atoms with Crippen LogP contribution in [0.3, 0.4) is 0 Å². The van der Waals surface area contributed by atoms with Gasteiger partial charge in [0.15, 0.2) is 0 Å². The Morgan fingerprint density at radius 1 is 1.12 bits per heavy atom. The van der Waals surface area contributed by atoms with Gasteiger partial charge in [0, 0.05) is 44.1 Å². The predicted octanol–water partition coefficient (Wildman–Crippen LogP) is 1.63. The minimum absolute atomic E-state index is 0.0356. The molecule has 0 aromatic heterocycles. The first-order chi connectivity index (χ1) is 12.6. The van der Waals surface area contributed by atoms with Gasteiger partial charge in [0.25, 0.3) is 0 Å². The fourth-order valence-electron chi connectivity index (χ4n) is 3.44. The summed E-state index contributed by atoms with van der Waals surface area (Å²) in [7, 11) is 0. The third kappa shape index (κ3) is 4.62. The van der Waals surface area contributed by atoms with Crippen LogP contribution in [0.2, 0.25) is 0 Å². The third-order valence-electron chi connectivity index (χ3n) is 5.17. The predicted molar refractivity (Wildman–Crippen MR) is 99.6 cm³/mol. The van der Waals surface area contributed by atoms with Crippen LogP contribution < -0.4 is 15.5 Å². The number of fused-ring (bicyclic) bond motifs is 1. The maximum Gasteiger partial charge on any atom is 0.228 e. The average molecular weight is 357 g/mol. The van der Waals surface area contributed by atoms with Gasteiger partial charge in [-0.1, -0.05) is 25.1 Å². The number of benzene rings is 1. The molecule has 2 N–H and O–H groups in total. The Bertz CT molecular complexity index is 689. The molecule has 3 amide bonds. The standard InChI is InChI=1S/C20H27N3O3/c1-14-13-16(14)20(26)22-10-8-18(24)21-11-9-19(25)23-12-4-6-15-5-2-3-7-17(15)23/h2-3,5,7,14,16H,4,6,8-13H2,1H3,(H,21,24)(H,22,26)/t14-,16-/m0/s1. The molecule has 3 rings (SSSR count). The zero-order valence-electron chi connectivity index (χ0n) is 15.3. The summed E-state index contributed by atoms with van der Waals surface area (Å²) in [5, 5.41) is 5.56. The van der Waals surface area contributed by atoms with Crippen molar-refractivity contribution in [3.63, 3.8) is 0 Å². The van der Waals surface area contributed by atoms with E-state index in [4.69, 9.17) is 0 Å². The van der Waals surface area contributed by atoms with E-state index in [0.717, 1.165) is 31.5 Å². The summed E-state index contributed by atoms with van der Waals surface area (Å²) in [6.45, 7) is 3.45. The Hall–Kier alpha value is -2.37. The van der Waals surface area contributed by atoms with Crippen LogP contribution in [0.25, 0.3) is 0 Å². The number of rotatable bonds is 7. The SMILES string of the molecule is C[C@H]1C[C@@H]1C(=O)NCCC(=O)NCCC(=O)N1CCCc2ccccc21. The zero-order chi connectivity index (χ0) is 18.5. The van der Waals surface area contributed by atoms with Gasteiger partial charge in [-0.3, -0.25) is 14.4 Å². The molecule has 2 atom stereocenters. The van der Waals surface area contributed by atoms with Gasteiger partial charge in [0.1, 0.15) is 0 Å². The zero-order valence-corrected chi connectivity index (χ0v) is 15.3. The van der Waals surface area contributed by atoms with Crippen LogP contribution in [0.1, 0.15) is 38.2 Å². The molecule has 1 aliphatic carbocycles. The summed E-state index contributed by atoms with van der Waals surface area (Å²) in [4.78, 5) is 37.8. The lowest BCUT2D eigenvalue weighted by molar-refractivity contribution is -0.123. The van der Waals surface area contributed by atoms with E-state index in [1.165, 1.54) is 5.56 Å². The van der Waals surface area contributed by atoms with E-state index in [1.54, 1.807) is 0 Å². The Balaban J connectivity index is 1.35. The molecular weight excluding hydrogens is 330 g/mol. The number of nitrogens with one attached hydrogen (secondary N) is 2. The Morgan fingerprint density at radius 2 is 1.85 bits per heavy atom. The van der Waals surface area contributed by atoms with Crippen LogP contribution in [0.15, 0.2) is 24.3 Å². The van der Waals surface area contributed by atoms with E-state index in [9.17, 15) is 14.4 Å². The number of carbonyl (C=O) groups is 3. The topological polar surface area (TPSA) is 78.5 Å². The second-order valence-corrected chi connectivity index (χ2v) is 7.24. The van der Waals surface area contributed by atoms with E-state index in [0.29, 0.717) is 19.0 Å². The fourth-order valence-corrected chi connectivity index (χ4v) is 3.44. The number of aryl methyl sites for hydroxylation is 1. The number of hydrogen-bond acceptors (Lipinski definition) is 3. The third-order valence-corrected chi connectivity index (χ3v) is 5.17. The van der Waals surface area contributed by atoms with Gasteiger partial charge >= 0.3 is 0 Å². The van der Waals surface area contributed by atoms with E-state index in [1.807, 2.05) is 23.1 Å². The Kier molecular flexibility index (Phi) is 5.91. The lowest BCUT2D eigenvalue weighted by Crippen LogP contribution is -2.38. The van der Waals surface area contributed by atoms with Gasteiger partial charge in [-0.25, -0.2) is 0 Å². The molecule has 0 saturated heterocycles. The monoisotopic (exact) mass is 357 g/mol. The molecule has 0 spiro atoms. The summed E-state index contributed by atoms with van der Waals surface area (Å²) in [6.07, 6.45) is 3.44. The van der Waals surface area contributed by atoms with E-state index < -0.39 is 0 Å². The van der Waals surface area contributed by atoms with Gasteiger partial charge < -0.3 is 15.5 Å². The lowest BCUT2D eigenvalue weighted by Gasteiger charge is -2.29. The molecule has 2 aliphatic rings. The van der Waals surface area contributed by atoms with Crippen molar-refractivity contribution in [2.45, 2.75) is 39.0 Å². The van der Waals surface area contributed by atoms with E-state index >= 15 is 0 Å². The Morgan fingerprint density at radius 3 is 2.62 bits per heavy atom. The molecule has 6 heteroatoms. The lowest BCUT2D eigenvalue weighted by atomic mass is 10.0. The van der Waals surface area contributed by atoms with Crippen LogP contribution in [0.5, 0.6) is 0 Å². The van der Waals surface area contributed by atoms with Crippen molar-refractivity contribution in [3.05, 3.63) is 29.8 Å². The minimum Gasteiger partial charge on any atom is -0.356 e. The van der Waals surface area contributed by atoms with Crippen molar-refractivity contribution in [2.75, 3.05) is 24.5 Å². The molecule has 0 unspecified atom stereocenters. The smallest absolute Gasteiger partial charge is 0.228 e. The molecule has 1 saturated carbocycles. The minimum atomic E-state index is -0.138. The Labute approximate surface area is 154 Å². The van der Waals surface area contributed by atoms with Crippen molar-refractivity contribution >= 4 is 23.4 Å². The fraction of sp³-hybridized carbons (Fsp3) is 0.550. The number of hydrogen-bond donors (Lipinski definition) is 2. The molecule has 1 fully saturated rings. The molecular formula is C20H27N3O3. The molecule has 140 valence electrons. The summed E-state index contributed by atoms with van der Waals surface area (Å²) >= 11 is 0. The van der Waals surface area contributed by atoms with Gasteiger partial charge in [-0.15, -0.1) is 0 Å². The number of amides is 3. The summed E-state index contributed by atoms with van der Waals surface area (Å²) in [6, 6.07) is 7.99. The van der Waals surface area contributed by atoms with Crippen LogP contribution >= 0.6 is 0 Å². The number of carbonyl (C=O) groups excluding carboxylic acids is 3. The molecule has 0 bridgehead atoms. The summed E-state index contributed by atoms with van der Waals surface area (Å²) in [5.41, 5.74) is 2.20. The van der Waals surface area contributed by atoms with E-state index in [2.05, 4.69) is 23.6 Å². The number of nitrogens with zero attached hydrogens (tertiary/aromatic N) is 1. The molecule has 26 heavy (non-hydrogen) atoms. The molecule has 1 aromatic rings. The second-order valence-electron chi connectivity index (χ2n) is 7.24. The molecule has 6 nitrogen and oxygen atoms in total. The van der Waals surface area contributed by atoms with Crippen molar-refractivity contribution in [1.82, 2.24) is 10.6 Å². The maximum atomic E-state index is 12.5. The van der Waals surface area contributed by atoms with Gasteiger partial charge in [0.05, 0.1) is 0 Å². The highest BCUT2D eigenvalue weighted by molar-refractivity contribution is 5.95. The van der Waals surface area contributed by atoms with Crippen LogP contribution in [-0.2, 0) is 20.8 Å². The van der Waals surface area contributed by atoms with E-state index in [-0.39, 0.29) is 36.5 Å². The van der Waals surface area contributed by atoms with Gasteiger partial charge in [-0.05, 0) is 36.8 Å². The molecule has 1 aromatic carbocycles. The second kappa shape index (κ2) is 8.34. The van der Waals surface area contributed by atoms with Gasteiger partial charge in [0.2, 0.25) is 17.7 Å². The number of anilines is 1. The number of para-hydroxylation sites is 1. The largest absolute Gasteiger partial charge is 0.356 e. The quantitative estimate of drug-likeness (QED) is 0.779. The highest BCUT2D eigenvalue weighted by Gasteiger charge is 2.38. The average Bonchev–Trinajstić information content (AvgIpc) is 3.38. The van der Waals surface area contributed by atoms with Crippen LogP contribution in [0, 0.1) is 11.8 Å².